The highest BCUT2D eigenvalue weighted by atomic mass is 35.5. The van der Waals surface area contributed by atoms with Gasteiger partial charge in [-0.3, -0.25) is 4.99 Å². The van der Waals surface area contributed by atoms with Crippen LogP contribution in [0.4, 0.5) is 0 Å². The standard InChI is InChI=1S/C23H23ClN2O3/c1-14-5-6-15(9-18(14)24)17-10-19-22(25-7-8-26(19)13-17)16-11-20(27-2)23(29-4)21(12-16)28-3/h5-6,9-13H,7-8H2,1-4H3. The first kappa shape index (κ1) is 19.4. The summed E-state index contributed by atoms with van der Waals surface area (Å²) in [6.07, 6.45) is 2.16. The Morgan fingerprint density at radius 1 is 0.897 bits per heavy atom. The van der Waals surface area contributed by atoms with Gasteiger partial charge in [-0.15, -0.1) is 0 Å². The summed E-state index contributed by atoms with van der Waals surface area (Å²) in [5.74, 6) is 1.79. The molecule has 0 spiro atoms. The van der Waals surface area contributed by atoms with Crippen LogP contribution in [0.5, 0.6) is 17.2 Å². The number of ether oxygens (including phenoxy) is 3. The molecule has 150 valence electrons. The van der Waals surface area contributed by atoms with Crippen molar-refractivity contribution in [2.45, 2.75) is 13.5 Å². The minimum Gasteiger partial charge on any atom is -0.493 e. The smallest absolute Gasteiger partial charge is 0.203 e. The van der Waals surface area contributed by atoms with Gasteiger partial charge in [0, 0.05) is 28.9 Å². The van der Waals surface area contributed by atoms with E-state index in [-0.39, 0.29) is 0 Å². The number of hydrogen-bond acceptors (Lipinski definition) is 4. The Hall–Kier alpha value is -2.92. The molecular weight excluding hydrogens is 388 g/mol. The average Bonchev–Trinajstić information content (AvgIpc) is 3.18. The molecule has 0 unspecified atom stereocenters. The summed E-state index contributed by atoms with van der Waals surface area (Å²) in [5.41, 5.74) is 6.15. The lowest BCUT2D eigenvalue weighted by molar-refractivity contribution is 0.324. The van der Waals surface area contributed by atoms with Crippen LogP contribution < -0.4 is 14.2 Å². The average molecular weight is 411 g/mol. The molecule has 5 nitrogen and oxygen atoms in total. The monoisotopic (exact) mass is 410 g/mol. The van der Waals surface area contributed by atoms with Gasteiger partial charge in [0.05, 0.1) is 39.3 Å². The fourth-order valence-corrected chi connectivity index (χ4v) is 3.81. The maximum Gasteiger partial charge on any atom is 0.203 e. The van der Waals surface area contributed by atoms with Crippen molar-refractivity contribution < 1.29 is 14.2 Å². The van der Waals surface area contributed by atoms with E-state index < -0.39 is 0 Å². The summed E-state index contributed by atoms with van der Waals surface area (Å²) in [6.45, 7) is 3.55. The first-order valence-corrected chi connectivity index (χ1v) is 9.75. The van der Waals surface area contributed by atoms with Gasteiger partial charge in [0.2, 0.25) is 5.75 Å². The van der Waals surface area contributed by atoms with Gasteiger partial charge in [0.15, 0.2) is 11.5 Å². The zero-order chi connectivity index (χ0) is 20.5. The Morgan fingerprint density at radius 3 is 2.24 bits per heavy atom. The van der Waals surface area contributed by atoms with Gasteiger partial charge in [0.25, 0.3) is 0 Å². The normalized spacial score (nSPS) is 12.9. The van der Waals surface area contributed by atoms with Gasteiger partial charge in [-0.25, -0.2) is 0 Å². The maximum absolute atomic E-state index is 6.34. The van der Waals surface area contributed by atoms with E-state index in [0.717, 1.165) is 45.2 Å². The fourth-order valence-electron chi connectivity index (χ4n) is 3.63. The number of rotatable bonds is 5. The van der Waals surface area contributed by atoms with Crippen molar-refractivity contribution >= 4 is 17.3 Å². The SMILES string of the molecule is COc1cc(C2=NCCn3cc(-c4ccc(C)c(Cl)c4)cc32)cc(OC)c1OC. The molecule has 0 amide bonds. The number of methoxy groups -OCH3 is 3. The molecule has 0 N–H and O–H groups in total. The number of fused-ring (bicyclic) bond motifs is 1. The zero-order valence-electron chi connectivity index (χ0n) is 17.0. The first-order valence-electron chi connectivity index (χ1n) is 9.37. The van der Waals surface area contributed by atoms with E-state index in [2.05, 4.69) is 22.9 Å². The van der Waals surface area contributed by atoms with E-state index in [1.165, 1.54) is 0 Å². The maximum atomic E-state index is 6.34. The van der Waals surface area contributed by atoms with Crippen LogP contribution in [0.15, 0.2) is 47.6 Å². The number of halogens is 1. The molecule has 0 saturated heterocycles. The van der Waals surface area contributed by atoms with Gasteiger partial charge in [-0.05, 0) is 42.3 Å². The second kappa shape index (κ2) is 7.84. The molecule has 0 radical (unpaired) electrons. The van der Waals surface area contributed by atoms with Crippen LogP contribution in [-0.4, -0.2) is 38.2 Å². The molecule has 1 aliphatic heterocycles. The molecule has 0 saturated carbocycles. The molecule has 4 rings (SSSR count). The van der Waals surface area contributed by atoms with E-state index in [0.29, 0.717) is 23.8 Å². The van der Waals surface area contributed by atoms with E-state index in [4.69, 9.17) is 30.8 Å². The van der Waals surface area contributed by atoms with Crippen molar-refractivity contribution in [2.24, 2.45) is 4.99 Å². The van der Waals surface area contributed by atoms with Crippen LogP contribution >= 0.6 is 11.6 Å². The van der Waals surface area contributed by atoms with Crippen LogP contribution in [0.3, 0.4) is 0 Å². The summed E-state index contributed by atoms with van der Waals surface area (Å²) < 4.78 is 18.7. The minimum absolute atomic E-state index is 0.570. The van der Waals surface area contributed by atoms with Gasteiger partial charge in [-0.2, -0.15) is 0 Å². The molecule has 0 bridgehead atoms. The number of aliphatic imine (C=N–C) groups is 1. The third-order valence-electron chi connectivity index (χ3n) is 5.19. The summed E-state index contributed by atoms with van der Waals surface area (Å²) in [7, 11) is 4.83. The number of aryl methyl sites for hydroxylation is 1. The van der Waals surface area contributed by atoms with Crippen molar-refractivity contribution in [3.05, 3.63) is 64.4 Å². The summed E-state index contributed by atoms with van der Waals surface area (Å²) >= 11 is 6.34. The van der Waals surface area contributed by atoms with Gasteiger partial charge in [-0.1, -0.05) is 23.7 Å². The molecule has 0 aliphatic carbocycles. The minimum atomic E-state index is 0.570. The Kier molecular flexibility index (Phi) is 5.24. The molecule has 0 fully saturated rings. The summed E-state index contributed by atoms with van der Waals surface area (Å²) in [4.78, 5) is 4.80. The van der Waals surface area contributed by atoms with Crippen molar-refractivity contribution in [3.8, 4) is 28.4 Å². The van der Waals surface area contributed by atoms with Gasteiger partial charge < -0.3 is 18.8 Å². The number of nitrogens with zero attached hydrogens (tertiary/aromatic N) is 2. The fraction of sp³-hybridized carbons (Fsp3) is 0.261. The summed E-state index contributed by atoms with van der Waals surface area (Å²) in [5, 5.41) is 0.769. The number of aromatic nitrogens is 1. The Morgan fingerprint density at radius 2 is 1.62 bits per heavy atom. The third-order valence-corrected chi connectivity index (χ3v) is 5.60. The highest BCUT2D eigenvalue weighted by Gasteiger charge is 2.22. The van der Waals surface area contributed by atoms with Crippen LogP contribution in [0.1, 0.15) is 16.8 Å². The Balaban J connectivity index is 1.80. The first-order chi connectivity index (χ1) is 14.0. The second-order valence-electron chi connectivity index (χ2n) is 6.92. The van der Waals surface area contributed by atoms with E-state index in [1.54, 1.807) is 21.3 Å². The zero-order valence-corrected chi connectivity index (χ0v) is 17.7. The predicted molar refractivity (Wildman–Crippen MR) is 116 cm³/mol. The van der Waals surface area contributed by atoms with Crippen LogP contribution in [0, 0.1) is 6.92 Å². The van der Waals surface area contributed by atoms with Crippen molar-refractivity contribution in [3.63, 3.8) is 0 Å². The van der Waals surface area contributed by atoms with Gasteiger partial charge in [0.1, 0.15) is 0 Å². The molecule has 29 heavy (non-hydrogen) atoms. The second-order valence-corrected chi connectivity index (χ2v) is 7.32. The molecular formula is C23H23ClN2O3. The Bertz CT molecular complexity index is 1080. The summed E-state index contributed by atoms with van der Waals surface area (Å²) in [6, 6.07) is 12.2. The lowest BCUT2D eigenvalue weighted by Gasteiger charge is -2.19. The molecule has 1 aromatic heterocycles. The molecule has 6 heteroatoms. The third kappa shape index (κ3) is 3.47. The quantitative estimate of drug-likeness (QED) is 0.595. The van der Waals surface area contributed by atoms with Crippen molar-refractivity contribution in [2.75, 3.05) is 27.9 Å². The van der Waals surface area contributed by atoms with Crippen LogP contribution in [0.2, 0.25) is 5.02 Å². The van der Waals surface area contributed by atoms with E-state index >= 15 is 0 Å². The molecule has 2 aromatic carbocycles. The molecule has 1 aliphatic rings. The molecule has 2 heterocycles. The van der Waals surface area contributed by atoms with E-state index in [1.807, 2.05) is 31.2 Å². The molecule has 3 aromatic rings. The number of benzene rings is 2. The topological polar surface area (TPSA) is 45.0 Å². The highest BCUT2D eigenvalue weighted by molar-refractivity contribution is 6.31. The predicted octanol–water partition coefficient (Wildman–Crippen LogP) is 4.99. The van der Waals surface area contributed by atoms with Crippen LogP contribution in [-0.2, 0) is 6.54 Å². The lowest BCUT2D eigenvalue weighted by Crippen LogP contribution is -2.18. The van der Waals surface area contributed by atoms with Crippen LogP contribution in [0.25, 0.3) is 11.1 Å². The van der Waals surface area contributed by atoms with Crippen molar-refractivity contribution in [1.82, 2.24) is 4.57 Å². The molecule has 0 atom stereocenters. The lowest BCUT2D eigenvalue weighted by atomic mass is 10.0. The highest BCUT2D eigenvalue weighted by Crippen LogP contribution is 2.39. The largest absolute Gasteiger partial charge is 0.493 e. The Labute approximate surface area is 175 Å². The number of hydrogen-bond donors (Lipinski definition) is 0. The van der Waals surface area contributed by atoms with E-state index in [9.17, 15) is 0 Å². The van der Waals surface area contributed by atoms with Gasteiger partial charge >= 0.3 is 0 Å². The van der Waals surface area contributed by atoms with Crippen molar-refractivity contribution in [1.29, 1.82) is 0 Å².